The van der Waals surface area contributed by atoms with Gasteiger partial charge < -0.3 is 19.7 Å². The number of fused-ring (bicyclic) bond motifs is 1. The third-order valence-electron chi connectivity index (χ3n) is 7.90. The SMILES string of the molecule is COC1c2cc(C(C)C)c(O)c(O)c2C23CCCC(C)(C)C2C[C@@]13C=O. The molecule has 26 heavy (non-hydrogen) atoms. The van der Waals surface area contributed by atoms with Crippen molar-refractivity contribution in [2.24, 2.45) is 16.7 Å². The maximum absolute atomic E-state index is 12.5. The lowest BCUT2D eigenvalue weighted by Gasteiger charge is -2.67. The predicted octanol–water partition coefficient (Wildman–Crippen LogP) is 4.58. The smallest absolute Gasteiger partial charge is 0.161 e. The summed E-state index contributed by atoms with van der Waals surface area (Å²) in [5.41, 5.74) is 1.44. The lowest BCUT2D eigenvalue weighted by Crippen LogP contribution is -2.67. The van der Waals surface area contributed by atoms with Crippen LogP contribution in [0.2, 0.25) is 0 Å². The zero-order chi connectivity index (χ0) is 19.1. The van der Waals surface area contributed by atoms with Crippen molar-refractivity contribution in [2.45, 2.75) is 70.8 Å². The van der Waals surface area contributed by atoms with Gasteiger partial charge in [0.25, 0.3) is 0 Å². The summed E-state index contributed by atoms with van der Waals surface area (Å²) in [4.78, 5) is 12.5. The van der Waals surface area contributed by atoms with Gasteiger partial charge in [-0.1, -0.05) is 34.1 Å². The van der Waals surface area contributed by atoms with E-state index in [1.54, 1.807) is 7.11 Å². The Morgan fingerprint density at radius 2 is 1.92 bits per heavy atom. The predicted molar refractivity (Wildman–Crippen MR) is 99.5 cm³/mol. The van der Waals surface area contributed by atoms with Gasteiger partial charge in [0.15, 0.2) is 11.5 Å². The van der Waals surface area contributed by atoms with Crippen molar-refractivity contribution in [1.82, 2.24) is 0 Å². The zero-order valence-electron chi connectivity index (χ0n) is 16.4. The zero-order valence-corrected chi connectivity index (χ0v) is 16.4. The number of hydrogen-bond acceptors (Lipinski definition) is 4. The van der Waals surface area contributed by atoms with Crippen LogP contribution in [0.4, 0.5) is 0 Å². The first kappa shape index (κ1) is 17.8. The monoisotopic (exact) mass is 358 g/mol. The summed E-state index contributed by atoms with van der Waals surface area (Å²) in [5, 5.41) is 21.8. The summed E-state index contributed by atoms with van der Waals surface area (Å²) in [5.74, 6) is 0.325. The molecule has 0 saturated heterocycles. The average Bonchev–Trinajstić information content (AvgIpc) is 2.71. The molecule has 1 spiro atoms. The first-order valence-corrected chi connectivity index (χ1v) is 9.76. The molecule has 2 fully saturated rings. The van der Waals surface area contributed by atoms with Crippen LogP contribution in [0, 0.1) is 16.7 Å². The van der Waals surface area contributed by atoms with Crippen LogP contribution in [0.15, 0.2) is 6.07 Å². The molecule has 1 aromatic rings. The molecule has 4 rings (SSSR count). The largest absolute Gasteiger partial charge is 0.504 e. The number of hydrogen-bond donors (Lipinski definition) is 2. The summed E-state index contributed by atoms with van der Waals surface area (Å²) >= 11 is 0. The third-order valence-corrected chi connectivity index (χ3v) is 7.90. The number of carbonyl (C=O) groups excluding carboxylic acids is 1. The summed E-state index contributed by atoms with van der Waals surface area (Å²) in [7, 11) is 1.65. The molecule has 1 aromatic carbocycles. The van der Waals surface area contributed by atoms with Crippen LogP contribution in [-0.2, 0) is 14.9 Å². The van der Waals surface area contributed by atoms with Gasteiger partial charge in [-0.2, -0.15) is 0 Å². The number of rotatable bonds is 3. The normalized spacial score (nSPS) is 36.8. The van der Waals surface area contributed by atoms with Gasteiger partial charge in [-0.15, -0.1) is 0 Å². The van der Waals surface area contributed by atoms with Crippen LogP contribution >= 0.6 is 0 Å². The number of methoxy groups -OCH3 is 1. The first-order valence-electron chi connectivity index (χ1n) is 9.76. The van der Waals surface area contributed by atoms with Gasteiger partial charge in [-0.3, -0.25) is 0 Å². The molecule has 3 aliphatic rings. The molecule has 3 unspecified atom stereocenters. The Bertz CT molecular complexity index is 781. The van der Waals surface area contributed by atoms with E-state index in [0.717, 1.165) is 43.1 Å². The topological polar surface area (TPSA) is 66.8 Å². The van der Waals surface area contributed by atoms with Crippen LogP contribution in [0.3, 0.4) is 0 Å². The van der Waals surface area contributed by atoms with E-state index in [-0.39, 0.29) is 28.9 Å². The van der Waals surface area contributed by atoms with Crippen LogP contribution in [0.1, 0.15) is 82.1 Å². The average molecular weight is 358 g/mol. The third kappa shape index (κ3) is 1.72. The number of aromatic hydroxyl groups is 2. The Labute approximate surface area is 155 Å². The molecule has 4 atom stereocenters. The first-order chi connectivity index (χ1) is 12.2. The van der Waals surface area contributed by atoms with Gasteiger partial charge in [0.2, 0.25) is 0 Å². The molecule has 2 N–H and O–H groups in total. The number of ether oxygens (including phenoxy) is 1. The Kier molecular flexibility index (Phi) is 3.60. The molecule has 4 nitrogen and oxygen atoms in total. The quantitative estimate of drug-likeness (QED) is 0.613. The Morgan fingerprint density at radius 1 is 1.23 bits per heavy atom. The van der Waals surface area contributed by atoms with E-state index in [9.17, 15) is 15.0 Å². The molecule has 0 amide bonds. The van der Waals surface area contributed by atoms with E-state index < -0.39 is 10.8 Å². The molecule has 0 bridgehead atoms. The van der Waals surface area contributed by atoms with E-state index in [1.165, 1.54) is 0 Å². The summed E-state index contributed by atoms with van der Waals surface area (Å²) in [6.07, 6.45) is 4.52. The molecule has 0 radical (unpaired) electrons. The molecule has 0 aromatic heterocycles. The van der Waals surface area contributed by atoms with Gasteiger partial charge in [0.1, 0.15) is 6.29 Å². The second-order valence-electron chi connectivity index (χ2n) is 9.63. The lowest BCUT2D eigenvalue weighted by atomic mass is 9.35. The van der Waals surface area contributed by atoms with Crippen molar-refractivity contribution in [3.63, 3.8) is 0 Å². The van der Waals surface area contributed by atoms with Crippen LogP contribution in [0.25, 0.3) is 0 Å². The number of benzene rings is 1. The minimum atomic E-state index is -0.633. The van der Waals surface area contributed by atoms with Crippen LogP contribution in [-0.4, -0.2) is 23.6 Å². The van der Waals surface area contributed by atoms with E-state index in [4.69, 9.17) is 4.74 Å². The van der Waals surface area contributed by atoms with Gasteiger partial charge in [-0.25, -0.2) is 0 Å². The van der Waals surface area contributed by atoms with Crippen molar-refractivity contribution in [3.05, 3.63) is 22.8 Å². The molecular weight excluding hydrogens is 328 g/mol. The van der Waals surface area contributed by atoms with Gasteiger partial charge in [0.05, 0.1) is 11.5 Å². The maximum Gasteiger partial charge on any atom is 0.161 e. The van der Waals surface area contributed by atoms with Gasteiger partial charge in [0, 0.05) is 23.7 Å². The van der Waals surface area contributed by atoms with E-state index >= 15 is 0 Å². The summed E-state index contributed by atoms with van der Waals surface area (Å²) < 4.78 is 5.88. The second-order valence-corrected chi connectivity index (χ2v) is 9.63. The fourth-order valence-electron chi connectivity index (χ4n) is 6.75. The number of aldehydes is 1. The fourth-order valence-corrected chi connectivity index (χ4v) is 6.75. The molecule has 142 valence electrons. The van der Waals surface area contributed by atoms with Crippen molar-refractivity contribution < 1.29 is 19.7 Å². The summed E-state index contributed by atoms with van der Waals surface area (Å²) in [6, 6.07) is 1.97. The fraction of sp³-hybridized carbons (Fsp3) is 0.682. The Balaban J connectivity index is 2.05. The number of phenolic OH excluding ortho intramolecular Hbond substituents is 2. The van der Waals surface area contributed by atoms with Crippen LogP contribution < -0.4 is 0 Å². The molecule has 0 aliphatic heterocycles. The number of carbonyl (C=O) groups is 1. The van der Waals surface area contributed by atoms with E-state index in [2.05, 4.69) is 13.8 Å². The van der Waals surface area contributed by atoms with Crippen molar-refractivity contribution in [3.8, 4) is 11.5 Å². The minimum absolute atomic E-state index is 0.0284. The number of phenols is 2. The second kappa shape index (κ2) is 5.25. The Morgan fingerprint density at radius 3 is 2.50 bits per heavy atom. The Hall–Kier alpha value is -1.55. The van der Waals surface area contributed by atoms with E-state index in [0.29, 0.717) is 11.5 Å². The maximum atomic E-state index is 12.5. The highest BCUT2D eigenvalue weighted by molar-refractivity contribution is 5.77. The molecule has 2 saturated carbocycles. The van der Waals surface area contributed by atoms with Crippen molar-refractivity contribution in [1.29, 1.82) is 0 Å². The van der Waals surface area contributed by atoms with Crippen molar-refractivity contribution in [2.75, 3.05) is 7.11 Å². The molecule has 0 heterocycles. The van der Waals surface area contributed by atoms with Gasteiger partial charge >= 0.3 is 0 Å². The highest BCUT2D eigenvalue weighted by atomic mass is 16.5. The lowest BCUT2D eigenvalue weighted by molar-refractivity contribution is -0.195. The molecule has 4 heteroatoms. The van der Waals surface area contributed by atoms with Gasteiger partial charge in [-0.05, 0) is 48.1 Å². The molecule has 3 aliphatic carbocycles. The standard InChI is InChI=1S/C22H30O4/c1-12(2)13-9-14-16(18(25)17(13)24)22-8-6-7-20(3,4)15(22)10-21(22,11-23)19(14)26-5/h9,11-12,15,19,24-25H,6-8,10H2,1-5H3/t15?,19?,21-,22?/m1/s1. The van der Waals surface area contributed by atoms with Crippen LogP contribution in [0.5, 0.6) is 11.5 Å². The molecular formula is C22H30O4. The minimum Gasteiger partial charge on any atom is -0.504 e. The highest BCUT2D eigenvalue weighted by Gasteiger charge is 2.77. The van der Waals surface area contributed by atoms with E-state index in [1.807, 2.05) is 19.9 Å². The highest BCUT2D eigenvalue weighted by Crippen LogP contribution is 2.80. The summed E-state index contributed by atoms with van der Waals surface area (Å²) in [6.45, 7) is 8.53. The van der Waals surface area contributed by atoms with Crippen molar-refractivity contribution >= 4 is 6.29 Å².